The van der Waals surface area contributed by atoms with Gasteiger partial charge in [-0.25, -0.2) is 0 Å². The molecule has 1 amide bonds. The Morgan fingerprint density at radius 2 is 1.73 bits per heavy atom. The number of Topliss-reactive ketones (excluding diaryl/α,β-unsaturated/α-hetero) is 4. The summed E-state index contributed by atoms with van der Waals surface area (Å²) in [5.41, 5.74) is 2.58. The zero-order chi connectivity index (χ0) is 23.9. The molecule has 2 saturated carbocycles. The van der Waals surface area contributed by atoms with Crippen LogP contribution in [0.15, 0.2) is 18.2 Å². The average molecular weight is 480 g/mol. The van der Waals surface area contributed by atoms with Gasteiger partial charge in [-0.05, 0) is 31.6 Å². The molecule has 11 heteroatoms. The van der Waals surface area contributed by atoms with Gasteiger partial charge in [-0.1, -0.05) is 19.1 Å². The fourth-order valence-electron chi connectivity index (χ4n) is 5.95. The van der Waals surface area contributed by atoms with Gasteiger partial charge in [0.1, 0.15) is 5.75 Å². The van der Waals surface area contributed by atoms with Gasteiger partial charge in [0, 0.05) is 5.92 Å². The summed E-state index contributed by atoms with van der Waals surface area (Å²) in [4.78, 5) is 66.3. The first-order valence-electron chi connectivity index (χ1n) is 10.2. The number of ketones is 4. The van der Waals surface area contributed by atoms with Crippen molar-refractivity contribution in [2.24, 2.45) is 29.4 Å². The number of primary amides is 1. The molecule has 0 saturated heterocycles. The summed E-state index contributed by atoms with van der Waals surface area (Å²) in [6.45, 7) is 1.66. The van der Waals surface area contributed by atoms with Crippen molar-refractivity contribution >= 4 is 29.0 Å². The van der Waals surface area contributed by atoms with Gasteiger partial charge in [-0.3, -0.25) is 28.9 Å². The van der Waals surface area contributed by atoms with Crippen molar-refractivity contribution in [2.45, 2.75) is 30.6 Å². The van der Waals surface area contributed by atoms with E-state index in [9.17, 15) is 39.3 Å². The molecule has 3 aliphatic carbocycles. The minimum absolute atomic E-state index is 0. The highest BCUT2D eigenvalue weighted by Gasteiger charge is 2.72. The van der Waals surface area contributed by atoms with E-state index in [4.69, 9.17) is 5.73 Å². The molecular formula is C22H24ClN2O8-. The first kappa shape index (κ1) is 25.0. The maximum atomic E-state index is 13.6. The maximum Gasteiger partial charge on any atom is 0.235 e. The molecule has 10 nitrogen and oxygen atoms in total. The molecule has 178 valence electrons. The van der Waals surface area contributed by atoms with Crippen LogP contribution in [0.4, 0.5) is 0 Å². The Kier molecular flexibility index (Phi) is 6.04. The predicted octanol–water partition coefficient (Wildman–Crippen LogP) is -4.60. The van der Waals surface area contributed by atoms with Crippen LogP contribution in [0.1, 0.15) is 28.8 Å². The predicted molar refractivity (Wildman–Crippen MR) is 107 cm³/mol. The van der Waals surface area contributed by atoms with E-state index in [0.717, 1.165) is 0 Å². The van der Waals surface area contributed by atoms with Gasteiger partial charge in [0.25, 0.3) is 0 Å². The molecule has 0 bridgehead atoms. The molecule has 0 aromatic heterocycles. The highest BCUT2D eigenvalue weighted by atomic mass is 35.5. The average Bonchev–Trinajstić information content (AvgIpc) is 2.70. The normalized spacial score (nSPS) is 37.7. The van der Waals surface area contributed by atoms with Crippen LogP contribution in [0.3, 0.4) is 0 Å². The zero-order valence-corrected chi connectivity index (χ0v) is 18.8. The van der Waals surface area contributed by atoms with E-state index in [-0.39, 0.29) is 23.7 Å². The van der Waals surface area contributed by atoms with Gasteiger partial charge < -0.3 is 33.5 Å². The molecule has 8 atom stereocenters. The molecule has 3 unspecified atom stereocenters. The van der Waals surface area contributed by atoms with E-state index in [2.05, 4.69) is 0 Å². The number of likely N-dealkylation sites (N-methyl/N-ethyl adjacent to an activating group) is 1. The Hall–Kier alpha value is -2.66. The quantitative estimate of drug-likeness (QED) is 0.304. The van der Waals surface area contributed by atoms with Gasteiger partial charge in [0.05, 0.1) is 29.5 Å². The lowest BCUT2D eigenvalue weighted by Gasteiger charge is -2.55. The van der Waals surface area contributed by atoms with Crippen LogP contribution in [0, 0.1) is 23.7 Å². The van der Waals surface area contributed by atoms with Crippen LogP contribution in [0.25, 0.3) is 0 Å². The van der Waals surface area contributed by atoms with E-state index in [1.54, 1.807) is 13.0 Å². The highest BCUT2D eigenvalue weighted by molar-refractivity contribution is 6.32. The summed E-state index contributed by atoms with van der Waals surface area (Å²) in [7, 11) is 2.89. The monoisotopic (exact) mass is 479 g/mol. The number of phenolic OH excluding ortho intramolecular Hbond substituents is 1. The second-order valence-corrected chi connectivity index (χ2v) is 9.11. The summed E-state index contributed by atoms with van der Waals surface area (Å²) in [5, 5.41) is 33.1. The SMILES string of the molecule is C[C@H]1c2cccc(O)c2C(=O)C2C(=O)C3(O)C(=O)C(C(N)=O)C(=O)[C@@H](N(C)C)[C@@H]3[C@@H](O)[C@@H]21.[Cl-]. The number of phenols is 1. The summed E-state index contributed by atoms with van der Waals surface area (Å²) in [5.74, 6) is -13.1. The van der Waals surface area contributed by atoms with Gasteiger partial charge in [0.15, 0.2) is 34.7 Å². The molecule has 33 heavy (non-hydrogen) atoms. The third kappa shape index (κ3) is 3.01. The molecule has 2 fully saturated rings. The third-order valence-electron chi connectivity index (χ3n) is 7.35. The number of halogens is 1. The van der Waals surface area contributed by atoms with E-state index in [0.29, 0.717) is 5.56 Å². The number of aliphatic hydroxyl groups is 2. The summed E-state index contributed by atoms with van der Waals surface area (Å²) in [6.07, 6.45) is -1.62. The van der Waals surface area contributed by atoms with Crippen LogP contribution in [0.5, 0.6) is 5.75 Å². The van der Waals surface area contributed by atoms with Crippen molar-refractivity contribution in [2.75, 3.05) is 14.1 Å². The number of nitrogens with zero attached hydrogens (tertiary/aromatic N) is 1. The largest absolute Gasteiger partial charge is 1.00 e. The number of hydrogen-bond donors (Lipinski definition) is 4. The van der Waals surface area contributed by atoms with E-state index < -0.39 is 76.4 Å². The summed E-state index contributed by atoms with van der Waals surface area (Å²) < 4.78 is 0. The summed E-state index contributed by atoms with van der Waals surface area (Å²) >= 11 is 0. The first-order valence-corrected chi connectivity index (χ1v) is 10.2. The first-order chi connectivity index (χ1) is 14.9. The van der Waals surface area contributed by atoms with Crippen LogP contribution in [0.2, 0.25) is 0 Å². The van der Waals surface area contributed by atoms with Crippen molar-refractivity contribution in [3.05, 3.63) is 29.3 Å². The molecule has 1 aromatic carbocycles. The fraction of sp³-hybridized carbons (Fsp3) is 0.500. The lowest BCUT2D eigenvalue weighted by molar-refractivity contribution is -0.196. The number of amides is 1. The third-order valence-corrected chi connectivity index (χ3v) is 7.35. The molecule has 0 spiro atoms. The Bertz CT molecular complexity index is 1090. The minimum Gasteiger partial charge on any atom is -1.00 e. The molecule has 0 radical (unpaired) electrons. The molecule has 5 N–H and O–H groups in total. The molecule has 3 aliphatic rings. The molecule has 1 aromatic rings. The Morgan fingerprint density at radius 3 is 2.27 bits per heavy atom. The number of benzene rings is 1. The maximum absolute atomic E-state index is 13.6. The zero-order valence-electron chi connectivity index (χ0n) is 18.1. The number of aliphatic hydroxyl groups excluding tert-OH is 1. The lowest BCUT2D eigenvalue weighted by Crippen LogP contribution is -3.00. The fourth-order valence-corrected chi connectivity index (χ4v) is 5.95. The highest BCUT2D eigenvalue weighted by Crippen LogP contribution is 2.54. The molecule has 0 aliphatic heterocycles. The van der Waals surface area contributed by atoms with Gasteiger partial charge in [-0.15, -0.1) is 0 Å². The van der Waals surface area contributed by atoms with Gasteiger partial charge in [0.2, 0.25) is 5.91 Å². The molecular weight excluding hydrogens is 456 g/mol. The standard InChI is InChI=1S/C22H24N2O8.ClH/c1-7-8-5-4-6-9(25)11(8)16(26)12-10(7)17(27)14-15(24(2)3)18(28)13(21(23)31)20(30)22(14,32)19(12)29;/h4-7,10,12-15,17,25,27,32H,1-3H3,(H2,23,31);1H/p-1/t7-,10+,12?,13?,14+,15-,17-,22?;/m0./s1. The van der Waals surface area contributed by atoms with Crippen LogP contribution in [-0.4, -0.2) is 81.1 Å². The van der Waals surface area contributed by atoms with Crippen LogP contribution >= 0.6 is 0 Å². The smallest absolute Gasteiger partial charge is 0.235 e. The Balaban J connectivity index is 0.00000306. The Labute approximate surface area is 195 Å². The van der Waals surface area contributed by atoms with Crippen LogP contribution < -0.4 is 18.1 Å². The molecule has 0 heterocycles. The van der Waals surface area contributed by atoms with Crippen molar-refractivity contribution in [3.63, 3.8) is 0 Å². The Morgan fingerprint density at radius 1 is 1.12 bits per heavy atom. The van der Waals surface area contributed by atoms with E-state index >= 15 is 0 Å². The second-order valence-electron chi connectivity index (χ2n) is 9.11. The number of hydrogen-bond acceptors (Lipinski definition) is 9. The summed E-state index contributed by atoms with van der Waals surface area (Å²) in [6, 6.07) is 3.03. The van der Waals surface area contributed by atoms with E-state index in [1.165, 1.54) is 31.1 Å². The second kappa shape index (κ2) is 7.98. The number of rotatable bonds is 2. The minimum atomic E-state index is -2.97. The van der Waals surface area contributed by atoms with E-state index in [1.807, 2.05) is 0 Å². The van der Waals surface area contributed by atoms with Crippen molar-refractivity contribution in [1.82, 2.24) is 4.90 Å². The van der Waals surface area contributed by atoms with Crippen LogP contribution in [-0.2, 0) is 19.2 Å². The number of nitrogens with two attached hydrogens (primary N) is 1. The number of carbonyl (C=O) groups is 5. The lowest BCUT2D eigenvalue weighted by atomic mass is 9.49. The van der Waals surface area contributed by atoms with Crippen molar-refractivity contribution < 1.29 is 51.7 Å². The number of fused-ring (bicyclic) bond motifs is 3. The van der Waals surface area contributed by atoms with Crippen molar-refractivity contribution in [1.29, 1.82) is 0 Å². The topological polar surface area (TPSA) is 175 Å². The van der Waals surface area contributed by atoms with Gasteiger partial charge in [-0.2, -0.15) is 0 Å². The number of carbonyl (C=O) groups excluding carboxylic acids is 5. The molecule has 4 rings (SSSR count). The van der Waals surface area contributed by atoms with Gasteiger partial charge >= 0.3 is 0 Å². The van der Waals surface area contributed by atoms with Crippen molar-refractivity contribution in [3.8, 4) is 5.75 Å². The number of aromatic hydroxyl groups is 1.